The fraction of sp³-hybridized carbons (Fsp3) is 0.889. The molecule has 0 atom stereocenters. The van der Waals surface area contributed by atoms with Crippen LogP contribution in [0.3, 0.4) is 0 Å². The topological polar surface area (TPSA) is 78.0 Å². The second kappa shape index (κ2) is 11.3. The van der Waals surface area contributed by atoms with E-state index in [-0.39, 0.29) is 11.3 Å². The van der Waals surface area contributed by atoms with Crippen molar-refractivity contribution < 1.29 is 9.53 Å². The zero-order valence-corrected chi connectivity index (χ0v) is 16.7. The lowest BCUT2D eigenvalue weighted by atomic mass is 9.96. The Hall–Kier alpha value is -1.34. The first-order chi connectivity index (χ1) is 11.9. The average Bonchev–Trinajstić information content (AvgIpc) is 2.57. The van der Waals surface area contributed by atoms with E-state index in [0.29, 0.717) is 19.1 Å². The quantitative estimate of drug-likeness (QED) is 0.341. The van der Waals surface area contributed by atoms with Gasteiger partial charge in [-0.3, -0.25) is 9.79 Å². The molecule has 1 aliphatic rings. The fourth-order valence-electron chi connectivity index (χ4n) is 2.64. The van der Waals surface area contributed by atoms with Crippen molar-refractivity contribution in [3.63, 3.8) is 0 Å². The number of hydrogen-bond acceptors (Lipinski definition) is 4. The van der Waals surface area contributed by atoms with Gasteiger partial charge < -0.3 is 25.6 Å². The van der Waals surface area contributed by atoms with Gasteiger partial charge in [0.2, 0.25) is 5.91 Å². The van der Waals surface area contributed by atoms with E-state index in [2.05, 4.69) is 32.8 Å². The fourth-order valence-corrected chi connectivity index (χ4v) is 2.64. The number of aliphatic imine (C=N–C) groups is 1. The highest BCUT2D eigenvalue weighted by atomic mass is 16.5. The normalized spacial score (nSPS) is 17.4. The van der Waals surface area contributed by atoms with E-state index in [9.17, 15) is 4.79 Å². The predicted octanol–water partition coefficient (Wildman–Crippen LogP) is 0.815. The Bertz CT molecular complexity index is 412. The van der Waals surface area contributed by atoms with Crippen molar-refractivity contribution in [3.8, 4) is 0 Å². The van der Waals surface area contributed by atoms with Gasteiger partial charge in [0.1, 0.15) is 0 Å². The van der Waals surface area contributed by atoms with Gasteiger partial charge in [0, 0.05) is 51.3 Å². The Morgan fingerprint density at radius 2 is 1.92 bits per heavy atom. The molecular weight excluding hydrogens is 318 g/mol. The summed E-state index contributed by atoms with van der Waals surface area (Å²) in [4.78, 5) is 18.9. The van der Waals surface area contributed by atoms with Crippen LogP contribution in [0.4, 0.5) is 0 Å². The number of amides is 1. The molecule has 0 aromatic rings. The first-order valence-electron chi connectivity index (χ1n) is 9.41. The molecule has 7 heteroatoms. The van der Waals surface area contributed by atoms with E-state index >= 15 is 0 Å². The Morgan fingerprint density at radius 3 is 2.48 bits per heavy atom. The molecule has 25 heavy (non-hydrogen) atoms. The molecule has 0 aromatic heterocycles. The van der Waals surface area contributed by atoms with Crippen LogP contribution < -0.4 is 16.0 Å². The number of nitrogens with one attached hydrogen (secondary N) is 3. The number of ether oxygens (including phenoxy) is 1. The number of nitrogens with zero attached hydrogens (tertiary/aromatic N) is 2. The summed E-state index contributed by atoms with van der Waals surface area (Å²) in [5, 5.41) is 9.74. The van der Waals surface area contributed by atoms with Crippen LogP contribution in [-0.4, -0.2) is 75.8 Å². The molecule has 0 aliphatic carbocycles. The highest BCUT2D eigenvalue weighted by Gasteiger charge is 2.21. The van der Waals surface area contributed by atoms with Gasteiger partial charge in [0.15, 0.2) is 5.96 Å². The highest BCUT2D eigenvalue weighted by Crippen LogP contribution is 2.12. The van der Waals surface area contributed by atoms with Gasteiger partial charge in [-0.1, -0.05) is 20.8 Å². The summed E-state index contributed by atoms with van der Waals surface area (Å²) in [5.74, 6) is 0.895. The lowest BCUT2D eigenvalue weighted by molar-refractivity contribution is -0.128. The smallest absolute Gasteiger partial charge is 0.225 e. The maximum atomic E-state index is 11.9. The minimum Gasteiger partial charge on any atom is -0.383 e. The molecule has 0 saturated carbocycles. The van der Waals surface area contributed by atoms with Gasteiger partial charge in [0.05, 0.1) is 13.2 Å². The van der Waals surface area contributed by atoms with E-state index in [4.69, 9.17) is 4.74 Å². The third-order valence-corrected chi connectivity index (χ3v) is 4.23. The van der Waals surface area contributed by atoms with Crippen molar-refractivity contribution in [2.24, 2.45) is 10.4 Å². The number of carbonyl (C=O) groups excluding carboxylic acids is 1. The van der Waals surface area contributed by atoms with Gasteiger partial charge in [-0.25, -0.2) is 0 Å². The van der Waals surface area contributed by atoms with Crippen molar-refractivity contribution >= 4 is 11.9 Å². The zero-order valence-electron chi connectivity index (χ0n) is 16.7. The first kappa shape index (κ1) is 21.7. The third kappa shape index (κ3) is 9.07. The number of guanidine groups is 1. The Morgan fingerprint density at radius 1 is 1.24 bits per heavy atom. The van der Waals surface area contributed by atoms with E-state index in [1.165, 1.54) is 0 Å². The van der Waals surface area contributed by atoms with Crippen LogP contribution in [-0.2, 0) is 9.53 Å². The van der Waals surface area contributed by atoms with Crippen LogP contribution in [0.25, 0.3) is 0 Å². The molecular formula is C18H37N5O2. The lowest BCUT2D eigenvalue weighted by Gasteiger charge is -2.32. The zero-order chi connectivity index (χ0) is 18.7. The van der Waals surface area contributed by atoms with Crippen LogP contribution in [0.15, 0.2) is 4.99 Å². The summed E-state index contributed by atoms with van der Waals surface area (Å²) >= 11 is 0. The number of piperidine rings is 1. The molecule has 1 rings (SSSR count). The van der Waals surface area contributed by atoms with Crippen molar-refractivity contribution in [3.05, 3.63) is 0 Å². The molecule has 0 bridgehead atoms. The van der Waals surface area contributed by atoms with Gasteiger partial charge >= 0.3 is 0 Å². The molecule has 7 nitrogen and oxygen atoms in total. The van der Waals surface area contributed by atoms with Gasteiger partial charge in [-0.15, -0.1) is 0 Å². The number of methoxy groups -OCH3 is 1. The maximum absolute atomic E-state index is 11.9. The second-order valence-corrected chi connectivity index (χ2v) is 7.52. The minimum absolute atomic E-state index is 0.0593. The lowest BCUT2D eigenvalue weighted by Crippen LogP contribution is -2.49. The van der Waals surface area contributed by atoms with Gasteiger partial charge in [-0.05, 0) is 19.8 Å². The third-order valence-electron chi connectivity index (χ3n) is 4.23. The van der Waals surface area contributed by atoms with Crippen molar-refractivity contribution in [2.45, 2.75) is 46.6 Å². The predicted molar refractivity (Wildman–Crippen MR) is 103 cm³/mol. The largest absolute Gasteiger partial charge is 0.383 e. The summed E-state index contributed by atoms with van der Waals surface area (Å²) < 4.78 is 5.14. The van der Waals surface area contributed by atoms with E-state index in [1.807, 2.05) is 20.8 Å². The molecule has 0 radical (unpaired) electrons. The minimum atomic E-state index is -0.358. The van der Waals surface area contributed by atoms with Gasteiger partial charge in [-0.2, -0.15) is 0 Å². The summed E-state index contributed by atoms with van der Waals surface area (Å²) in [6.07, 6.45) is 2.21. The average molecular weight is 356 g/mol. The van der Waals surface area contributed by atoms with Crippen molar-refractivity contribution in [1.29, 1.82) is 0 Å². The highest BCUT2D eigenvalue weighted by molar-refractivity contribution is 5.81. The monoisotopic (exact) mass is 355 g/mol. The molecule has 0 unspecified atom stereocenters. The van der Waals surface area contributed by atoms with Crippen LogP contribution in [0.5, 0.6) is 0 Å². The Balaban J connectivity index is 2.35. The SMILES string of the molecule is CCNC(=NCCNC(=O)C(C)(C)C)NC1CCN(CCOC)CC1. The molecule has 146 valence electrons. The Labute approximate surface area is 153 Å². The van der Waals surface area contributed by atoms with Crippen molar-refractivity contribution in [1.82, 2.24) is 20.9 Å². The molecule has 1 fully saturated rings. The number of carbonyl (C=O) groups is 1. The maximum Gasteiger partial charge on any atom is 0.225 e. The summed E-state index contributed by atoms with van der Waals surface area (Å²) in [6, 6.07) is 0.445. The Kier molecular flexibility index (Phi) is 9.82. The van der Waals surface area contributed by atoms with Crippen LogP contribution in [0.2, 0.25) is 0 Å². The second-order valence-electron chi connectivity index (χ2n) is 7.52. The molecule has 0 spiro atoms. The van der Waals surface area contributed by atoms with E-state index in [1.54, 1.807) is 7.11 Å². The summed E-state index contributed by atoms with van der Waals surface area (Å²) in [7, 11) is 1.75. The summed E-state index contributed by atoms with van der Waals surface area (Å²) in [6.45, 7) is 13.7. The molecule has 3 N–H and O–H groups in total. The van der Waals surface area contributed by atoms with Crippen LogP contribution in [0.1, 0.15) is 40.5 Å². The molecule has 1 heterocycles. The number of hydrogen-bond donors (Lipinski definition) is 3. The van der Waals surface area contributed by atoms with Crippen LogP contribution in [0, 0.1) is 5.41 Å². The van der Waals surface area contributed by atoms with Crippen molar-refractivity contribution in [2.75, 3.05) is 53.0 Å². The van der Waals surface area contributed by atoms with E-state index < -0.39 is 0 Å². The first-order valence-corrected chi connectivity index (χ1v) is 9.41. The number of rotatable bonds is 8. The standard InChI is InChI=1S/C18H37N5O2/c1-6-19-17(21-10-9-20-16(24)18(2,3)4)22-15-7-11-23(12-8-15)13-14-25-5/h15H,6-14H2,1-5H3,(H,20,24)(H2,19,21,22). The summed E-state index contributed by atoms with van der Waals surface area (Å²) in [5.41, 5.74) is -0.358. The van der Waals surface area contributed by atoms with Crippen LogP contribution >= 0.6 is 0 Å². The van der Waals surface area contributed by atoms with E-state index in [0.717, 1.165) is 51.6 Å². The molecule has 1 saturated heterocycles. The number of likely N-dealkylation sites (tertiary alicyclic amines) is 1. The molecule has 0 aromatic carbocycles. The van der Waals surface area contributed by atoms with Gasteiger partial charge in [0.25, 0.3) is 0 Å². The molecule has 1 aliphatic heterocycles. The molecule has 1 amide bonds.